The number of ketones is 1. The number of anilines is 1. The van der Waals surface area contributed by atoms with Crippen molar-refractivity contribution in [2.75, 3.05) is 45.9 Å². The lowest BCUT2D eigenvalue weighted by atomic mass is 9.52. The smallest absolute Gasteiger partial charge is 0.229 e. The van der Waals surface area contributed by atoms with Gasteiger partial charge in [0.05, 0.1) is 50.5 Å². The molecule has 7 atom stereocenters. The number of carbonyl (C=O) groups is 2. The molecule has 176 valence electrons. The van der Waals surface area contributed by atoms with E-state index in [2.05, 4.69) is 4.90 Å². The number of epoxide rings is 1. The van der Waals surface area contributed by atoms with Gasteiger partial charge in [-0.2, -0.15) is 0 Å². The van der Waals surface area contributed by atoms with Crippen molar-refractivity contribution in [1.82, 2.24) is 4.90 Å². The number of ether oxygens (including phenoxy) is 4. The number of rotatable bonds is 2. The Morgan fingerprint density at radius 1 is 1.18 bits per heavy atom. The van der Waals surface area contributed by atoms with Gasteiger partial charge in [0, 0.05) is 24.9 Å². The molecule has 9 heteroatoms. The summed E-state index contributed by atoms with van der Waals surface area (Å²) in [6.45, 7) is 1.50. The Hall–Kier alpha value is -2.20. The zero-order valence-electron chi connectivity index (χ0n) is 19.0. The number of Topliss-reactive ketones (excluding diaryl/α,β-unsaturated/α-hetero) is 1. The maximum Gasteiger partial charge on any atom is 0.229 e. The number of benzene rings is 1. The van der Waals surface area contributed by atoms with Crippen LogP contribution in [0.3, 0.4) is 0 Å². The summed E-state index contributed by atoms with van der Waals surface area (Å²) < 4.78 is 23.5. The number of hydrogen-bond donors (Lipinski definition) is 1. The Labute approximate surface area is 191 Å². The summed E-state index contributed by atoms with van der Waals surface area (Å²) in [5.74, 6) is 0.464. The van der Waals surface area contributed by atoms with Crippen molar-refractivity contribution < 1.29 is 33.6 Å². The van der Waals surface area contributed by atoms with Crippen molar-refractivity contribution in [2.45, 2.75) is 54.1 Å². The molecule has 4 bridgehead atoms. The molecule has 0 unspecified atom stereocenters. The molecule has 1 aromatic carbocycles. The molecular formula is C24H28N2O7. The van der Waals surface area contributed by atoms with Gasteiger partial charge >= 0.3 is 0 Å². The van der Waals surface area contributed by atoms with Crippen molar-refractivity contribution in [2.24, 2.45) is 5.92 Å². The highest BCUT2D eigenvalue weighted by molar-refractivity contribution is 6.07. The van der Waals surface area contributed by atoms with Gasteiger partial charge in [0.15, 0.2) is 11.5 Å². The second-order valence-corrected chi connectivity index (χ2v) is 10.5. The standard InChI is InChI=1S/C24H28N2O7/c1-25-5-4-22-12-6-14(30-2)15(31-3)7-13(12)26-19(28)8-16-20(21(22)26)23(29,9-17(22)27)24(11-25)18(33-24)10-32-16/h6-7,16,18,20-21,29H,4-5,8-11H2,1-3H3/t16-,18-,20-,21-,22-,23-,24+/m0/s1. The van der Waals surface area contributed by atoms with E-state index in [0.717, 1.165) is 5.56 Å². The van der Waals surface area contributed by atoms with E-state index in [1.165, 1.54) is 0 Å². The van der Waals surface area contributed by atoms with E-state index in [0.29, 0.717) is 43.3 Å². The summed E-state index contributed by atoms with van der Waals surface area (Å²) in [4.78, 5) is 31.7. The van der Waals surface area contributed by atoms with E-state index in [4.69, 9.17) is 18.9 Å². The molecule has 1 amide bonds. The molecule has 5 aliphatic heterocycles. The Bertz CT molecular complexity index is 1110. The van der Waals surface area contributed by atoms with Gasteiger partial charge in [-0.3, -0.25) is 9.59 Å². The minimum atomic E-state index is -1.40. The second-order valence-electron chi connectivity index (χ2n) is 10.5. The van der Waals surface area contributed by atoms with Crippen LogP contribution in [0.2, 0.25) is 0 Å². The van der Waals surface area contributed by atoms with E-state index >= 15 is 0 Å². The molecule has 0 aromatic heterocycles. The molecule has 5 heterocycles. The van der Waals surface area contributed by atoms with Crippen LogP contribution in [0.25, 0.3) is 0 Å². The van der Waals surface area contributed by atoms with Crippen LogP contribution in [0.5, 0.6) is 11.5 Å². The first-order valence-corrected chi connectivity index (χ1v) is 11.6. The molecule has 4 saturated heterocycles. The normalized spacial score (nSPS) is 44.9. The number of piperidine rings is 1. The number of carbonyl (C=O) groups excluding carboxylic acids is 2. The average molecular weight is 456 g/mol. The van der Waals surface area contributed by atoms with E-state index in [9.17, 15) is 14.7 Å². The summed E-state index contributed by atoms with van der Waals surface area (Å²) in [5.41, 5.74) is -1.75. The van der Waals surface area contributed by atoms with Gasteiger partial charge in [-0.25, -0.2) is 0 Å². The monoisotopic (exact) mass is 456 g/mol. The minimum absolute atomic E-state index is 0.00577. The van der Waals surface area contributed by atoms with Crippen molar-refractivity contribution in [3.05, 3.63) is 17.7 Å². The van der Waals surface area contributed by atoms with Crippen LogP contribution >= 0.6 is 0 Å². The van der Waals surface area contributed by atoms with Gasteiger partial charge < -0.3 is 33.9 Å². The van der Waals surface area contributed by atoms with Gasteiger partial charge in [0.2, 0.25) is 5.91 Å². The average Bonchev–Trinajstić information content (AvgIpc) is 3.42. The summed E-state index contributed by atoms with van der Waals surface area (Å²) >= 11 is 0. The molecule has 1 aromatic rings. The highest BCUT2D eigenvalue weighted by Gasteiger charge is 2.81. The number of fused-ring (bicyclic) bond motifs is 2. The fraction of sp³-hybridized carbons (Fsp3) is 0.667. The molecular weight excluding hydrogens is 428 g/mol. The predicted octanol–water partition coefficient (Wildman–Crippen LogP) is 0.253. The van der Waals surface area contributed by atoms with Crippen LogP contribution in [-0.4, -0.2) is 92.1 Å². The van der Waals surface area contributed by atoms with Crippen LogP contribution in [0.4, 0.5) is 5.69 Å². The molecule has 5 fully saturated rings. The van der Waals surface area contributed by atoms with Crippen LogP contribution < -0.4 is 14.4 Å². The van der Waals surface area contributed by atoms with Crippen molar-refractivity contribution in [1.29, 1.82) is 0 Å². The molecule has 33 heavy (non-hydrogen) atoms. The fourth-order valence-corrected chi connectivity index (χ4v) is 7.84. The summed E-state index contributed by atoms with van der Waals surface area (Å²) in [5, 5.41) is 12.4. The van der Waals surface area contributed by atoms with Crippen LogP contribution in [0.1, 0.15) is 24.8 Å². The van der Waals surface area contributed by atoms with E-state index in [1.807, 2.05) is 13.1 Å². The molecule has 6 aliphatic rings. The van der Waals surface area contributed by atoms with Gasteiger partial charge in [-0.15, -0.1) is 0 Å². The van der Waals surface area contributed by atoms with Crippen LogP contribution in [0.15, 0.2) is 12.1 Å². The fourth-order valence-electron chi connectivity index (χ4n) is 7.84. The number of amides is 1. The lowest BCUT2D eigenvalue weighted by Crippen LogP contribution is -2.74. The van der Waals surface area contributed by atoms with Gasteiger partial charge in [0.25, 0.3) is 0 Å². The molecule has 1 N–H and O–H groups in total. The number of methoxy groups -OCH3 is 2. The van der Waals surface area contributed by atoms with Crippen molar-refractivity contribution in [3.63, 3.8) is 0 Å². The van der Waals surface area contributed by atoms with E-state index in [1.54, 1.807) is 25.2 Å². The minimum Gasteiger partial charge on any atom is -0.493 e. The Balaban J connectivity index is 1.54. The molecule has 1 saturated carbocycles. The first-order chi connectivity index (χ1) is 15.8. The van der Waals surface area contributed by atoms with Gasteiger partial charge in [-0.1, -0.05) is 0 Å². The number of aliphatic hydroxyl groups is 1. The third-order valence-electron chi connectivity index (χ3n) is 9.29. The highest BCUT2D eigenvalue weighted by Crippen LogP contribution is 2.67. The van der Waals surface area contributed by atoms with E-state index < -0.39 is 34.7 Å². The molecule has 1 aliphatic carbocycles. The number of likely N-dealkylation sites (N-methyl/N-ethyl adjacent to an activating group) is 1. The first-order valence-electron chi connectivity index (χ1n) is 11.6. The maximum atomic E-state index is 14.2. The molecule has 7 rings (SSSR count). The number of hydrogen-bond acceptors (Lipinski definition) is 8. The zero-order chi connectivity index (χ0) is 22.9. The Kier molecular flexibility index (Phi) is 3.72. The lowest BCUT2D eigenvalue weighted by molar-refractivity contribution is -0.182. The second kappa shape index (κ2) is 6.07. The highest BCUT2D eigenvalue weighted by atomic mass is 16.7. The maximum absolute atomic E-state index is 14.2. The molecule has 9 nitrogen and oxygen atoms in total. The zero-order valence-corrected chi connectivity index (χ0v) is 19.0. The third kappa shape index (κ3) is 2.10. The van der Waals surface area contributed by atoms with Crippen LogP contribution in [0, 0.1) is 5.92 Å². The van der Waals surface area contributed by atoms with Crippen molar-refractivity contribution in [3.8, 4) is 11.5 Å². The van der Waals surface area contributed by atoms with Gasteiger partial charge in [0.1, 0.15) is 23.1 Å². The van der Waals surface area contributed by atoms with E-state index in [-0.39, 0.29) is 30.6 Å². The Morgan fingerprint density at radius 2 is 1.94 bits per heavy atom. The SMILES string of the molecule is COc1cc2c(cc1OC)[C@]13CCN(C)C[C@@]45O[C@H]4CO[C@H]4CC(=O)N2[C@H]1[C@H]4[C@@]5(O)CC3=O. The third-order valence-corrected chi connectivity index (χ3v) is 9.29. The summed E-state index contributed by atoms with van der Waals surface area (Å²) in [6, 6.07) is 3.13. The quantitative estimate of drug-likeness (QED) is 0.633. The molecule has 0 radical (unpaired) electrons. The predicted molar refractivity (Wildman–Crippen MR) is 115 cm³/mol. The molecule has 1 spiro atoms. The first kappa shape index (κ1) is 20.2. The summed E-state index contributed by atoms with van der Waals surface area (Å²) in [6.07, 6.45) is -0.0271. The topological polar surface area (TPSA) is 101 Å². The van der Waals surface area contributed by atoms with Crippen molar-refractivity contribution >= 4 is 17.4 Å². The summed E-state index contributed by atoms with van der Waals surface area (Å²) in [7, 11) is 5.13. The largest absolute Gasteiger partial charge is 0.493 e. The van der Waals surface area contributed by atoms with Gasteiger partial charge in [-0.05, 0) is 31.6 Å². The lowest BCUT2D eigenvalue weighted by Gasteiger charge is -2.57. The Morgan fingerprint density at radius 3 is 2.70 bits per heavy atom. The van der Waals surface area contributed by atoms with Crippen LogP contribution in [-0.2, 0) is 24.5 Å². The number of nitrogens with zero attached hydrogens (tertiary/aromatic N) is 2.